The summed E-state index contributed by atoms with van der Waals surface area (Å²) >= 11 is 1.24. The summed E-state index contributed by atoms with van der Waals surface area (Å²) in [5.41, 5.74) is 1.77. The number of carbonyl (C=O) groups is 1. The highest BCUT2D eigenvalue weighted by Gasteiger charge is 2.13. The summed E-state index contributed by atoms with van der Waals surface area (Å²) in [6, 6.07) is 12.3. The highest BCUT2D eigenvalue weighted by atomic mass is 32.2. The molecule has 1 aromatic heterocycles. The third-order valence-electron chi connectivity index (χ3n) is 4.21. The van der Waals surface area contributed by atoms with Gasteiger partial charge in [-0.25, -0.2) is 0 Å². The summed E-state index contributed by atoms with van der Waals surface area (Å²) in [6.45, 7) is 1.63. The van der Waals surface area contributed by atoms with Gasteiger partial charge in [0.05, 0.1) is 11.4 Å². The molecule has 1 aliphatic rings. The predicted molar refractivity (Wildman–Crippen MR) is 106 cm³/mol. The highest BCUT2D eigenvalue weighted by Crippen LogP contribution is 2.30. The van der Waals surface area contributed by atoms with Crippen LogP contribution in [0.3, 0.4) is 0 Å². The average Bonchev–Trinajstić information content (AvgIpc) is 3.21. The Kier molecular flexibility index (Phi) is 5.80. The van der Waals surface area contributed by atoms with E-state index in [-0.39, 0.29) is 17.4 Å². The second kappa shape index (κ2) is 8.82. The van der Waals surface area contributed by atoms with Gasteiger partial charge in [-0.05, 0) is 58.8 Å². The van der Waals surface area contributed by atoms with E-state index in [9.17, 15) is 9.90 Å². The number of carbonyl (C=O) groups excluding carboxylic acids is 1. The van der Waals surface area contributed by atoms with Crippen molar-refractivity contribution in [3.8, 4) is 22.9 Å². The van der Waals surface area contributed by atoms with Crippen molar-refractivity contribution in [2.75, 3.05) is 25.5 Å². The quantitative estimate of drug-likeness (QED) is 0.562. The molecule has 2 N–H and O–H groups in total. The molecule has 0 aliphatic carbocycles. The number of tetrazole rings is 1. The van der Waals surface area contributed by atoms with Crippen LogP contribution in [0.2, 0.25) is 0 Å². The molecule has 150 valence electrons. The molecule has 0 saturated heterocycles. The maximum atomic E-state index is 12.2. The molecule has 2 aromatic carbocycles. The Morgan fingerprint density at radius 1 is 1.14 bits per heavy atom. The maximum absolute atomic E-state index is 12.2. The van der Waals surface area contributed by atoms with Crippen molar-refractivity contribution in [2.24, 2.45) is 0 Å². The Balaban J connectivity index is 1.26. The fourth-order valence-electron chi connectivity index (χ4n) is 2.80. The zero-order valence-corrected chi connectivity index (χ0v) is 16.3. The van der Waals surface area contributed by atoms with Crippen molar-refractivity contribution < 1.29 is 19.4 Å². The van der Waals surface area contributed by atoms with Crippen molar-refractivity contribution in [2.45, 2.75) is 11.6 Å². The number of ether oxygens (including phenoxy) is 2. The zero-order chi connectivity index (χ0) is 20.1. The molecule has 3 aromatic rings. The lowest BCUT2D eigenvalue weighted by molar-refractivity contribution is -0.118. The number of aromatic hydroxyl groups is 1. The summed E-state index contributed by atoms with van der Waals surface area (Å²) in [5, 5.41) is 24.3. The molecular formula is C19H19N5O4S. The third-order valence-corrected chi connectivity index (χ3v) is 5.13. The second-order valence-corrected chi connectivity index (χ2v) is 7.20. The third kappa shape index (κ3) is 4.77. The Morgan fingerprint density at radius 3 is 2.76 bits per heavy atom. The smallest absolute Gasteiger partial charge is 0.230 e. The van der Waals surface area contributed by atoms with Crippen LogP contribution in [0.1, 0.15) is 5.56 Å². The van der Waals surface area contributed by atoms with Crippen LogP contribution in [0.15, 0.2) is 47.6 Å². The maximum Gasteiger partial charge on any atom is 0.230 e. The Hall–Kier alpha value is -3.27. The molecule has 0 spiro atoms. The van der Waals surface area contributed by atoms with Crippen molar-refractivity contribution in [1.82, 2.24) is 25.5 Å². The van der Waals surface area contributed by atoms with E-state index in [1.54, 1.807) is 24.3 Å². The highest BCUT2D eigenvalue weighted by molar-refractivity contribution is 7.99. The van der Waals surface area contributed by atoms with Crippen LogP contribution in [-0.2, 0) is 11.2 Å². The molecule has 0 radical (unpaired) electrons. The van der Waals surface area contributed by atoms with Gasteiger partial charge in [-0.2, -0.15) is 4.68 Å². The summed E-state index contributed by atoms with van der Waals surface area (Å²) in [5.74, 6) is 1.75. The largest absolute Gasteiger partial charge is 0.508 e. The molecule has 29 heavy (non-hydrogen) atoms. The number of thioether (sulfide) groups is 1. The van der Waals surface area contributed by atoms with Crippen LogP contribution in [-0.4, -0.2) is 56.7 Å². The minimum Gasteiger partial charge on any atom is -0.508 e. The van der Waals surface area contributed by atoms with Gasteiger partial charge in [-0.3, -0.25) is 4.79 Å². The minimum absolute atomic E-state index is 0.104. The van der Waals surface area contributed by atoms with Crippen LogP contribution in [0.4, 0.5) is 0 Å². The van der Waals surface area contributed by atoms with Gasteiger partial charge in [0.1, 0.15) is 19.0 Å². The number of hydrogen-bond acceptors (Lipinski definition) is 8. The van der Waals surface area contributed by atoms with E-state index in [4.69, 9.17) is 9.47 Å². The number of hydrogen-bond donors (Lipinski definition) is 2. The van der Waals surface area contributed by atoms with E-state index in [0.717, 1.165) is 17.1 Å². The number of benzene rings is 2. The van der Waals surface area contributed by atoms with Gasteiger partial charge in [0.25, 0.3) is 0 Å². The molecule has 1 amide bonds. The summed E-state index contributed by atoms with van der Waals surface area (Å²) < 4.78 is 12.6. The van der Waals surface area contributed by atoms with Gasteiger partial charge in [0.15, 0.2) is 11.5 Å². The SMILES string of the molecule is O=C(CSc1nnnn1-c1ccc(O)cc1)NCCc1ccc2c(c1)OCCO2. The number of phenolic OH excluding ortho intramolecular Hbond substituents is 1. The lowest BCUT2D eigenvalue weighted by Crippen LogP contribution is -2.27. The Labute approximate surface area is 171 Å². The van der Waals surface area contributed by atoms with Gasteiger partial charge in [-0.1, -0.05) is 17.8 Å². The van der Waals surface area contributed by atoms with E-state index < -0.39 is 0 Å². The second-order valence-electron chi connectivity index (χ2n) is 6.26. The molecule has 0 unspecified atom stereocenters. The molecule has 2 heterocycles. The number of nitrogens with zero attached hydrogens (tertiary/aromatic N) is 4. The van der Waals surface area contributed by atoms with E-state index in [1.165, 1.54) is 16.4 Å². The number of nitrogens with one attached hydrogen (secondary N) is 1. The van der Waals surface area contributed by atoms with Gasteiger partial charge >= 0.3 is 0 Å². The summed E-state index contributed by atoms with van der Waals surface area (Å²) in [7, 11) is 0. The number of fused-ring (bicyclic) bond motifs is 1. The molecule has 1 aliphatic heterocycles. The monoisotopic (exact) mass is 413 g/mol. The molecule has 10 heteroatoms. The number of rotatable bonds is 7. The van der Waals surface area contributed by atoms with Crippen molar-refractivity contribution in [1.29, 1.82) is 0 Å². The number of amides is 1. The first kappa shape index (κ1) is 19.1. The van der Waals surface area contributed by atoms with Gasteiger partial charge < -0.3 is 19.9 Å². The first-order chi connectivity index (χ1) is 14.2. The van der Waals surface area contributed by atoms with Crippen molar-refractivity contribution >= 4 is 17.7 Å². The first-order valence-electron chi connectivity index (χ1n) is 9.05. The summed E-state index contributed by atoms with van der Waals surface area (Å²) in [4.78, 5) is 12.2. The molecule has 4 rings (SSSR count). The molecule has 0 bridgehead atoms. The molecule has 0 saturated carbocycles. The van der Waals surface area contributed by atoms with Crippen LogP contribution in [0.5, 0.6) is 17.2 Å². The Bertz CT molecular complexity index is 993. The minimum atomic E-state index is -0.104. The van der Waals surface area contributed by atoms with E-state index in [1.807, 2.05) is 18.2 Å². The van der Waals surface area contributed by atoms with Crippen molar-refractivity contribution in [3.63, 3.8) is 0 Å². The van der Waals surface area contributed by atoms with Crippen molar-refractivity contribution in [3.05, 3.63) is 48.0 Å². The zero-order valence-electron chi connectivity index (χ0n) is 15.4. The molecule has 0 fully saturated rings. The fourth-order valence-corrected chi connectivity index (χ4v) is 3.52. The van der Waals surface area contributed by atoms with Crippen LogP contribution >= 0.6 is 11.8 Å². The lowest BCUT2D eigenvalue weighted by Gasteiger charge is -2.18. The average molecular weight is 413 g/mol. The topological polar surface area (TPSA) is 111 Å². The van der Waals surface area contributed by atoms with E-state index in [0.29, 0.717) is 37.0 Å². The van der Waals surface area contributed by atoms with Crippen LogP contribution in [0, 0.1) is 0 Å². The molecule has 9 nitrogen and oxygen atoms in total. The Morgan fingerprint density at radius 2 is 1.93 bits per heavy atom. The van der Waals surface area contributed by atoms with E-state index in [2.05, 4.69) is 20.8 Å². The number of aromatic nitrogens is 4. The predicted octanol–water partition coefficient (Wildman–Crippen LogP) is 1.59. The van der Waals surface area contributed by atoms with Gasteiger partial charge in [-0.15, -0.1) is 5.10 Å². The lowest BCUT2D eigenvalue weighted by atomic mass is 10.1. The van der Waals surface area contributed by atoms with Crippen LogP contribution in [0.25, 0.3) is 5.69 Å². The van der Waals surface area contributed by atoms with E-state index >= 15 is 0 Å². The van der Waals surface area contributed by atoms with Gasteiger partial charge in [0, 0.05) is 6.54 Å². The van der Waals surface area contributed by atoms with Crippen LogP contribution < -0.4 is 14.8 Å². The molecular weight excluding hydrogens is 394 g/mol. The first-order valence-corrected chi connectivity index (χ1v) is 10.0. The van der Waals surface area contributed by atoms with Gasteiger partial charge in [0.2, 0.25) is 11.1 Å². The normalized spacial score (nSPS) is 12.6. The standard InChI is InChI=1S/C19H19N5O4S/c25-15-4-2-14(3-5-15)24-19(21-22-23-24)29-12-18(26)20-8-7-13-1-6-16-17(11-13)28-10-9-27-16/h1-6,11,25H,7-10,12H2,(H,20,26). The number of phenols is 1. The summed E-state index contributed by atoms with van der Waals surface area (Å²) in [6.07, 6.45) is 0.693. The fraction of sp³-hybridized carbons (Fsp3) is 0.263. The molecule has 0 atom stereocenters.